The zero-order chi connectivity index (χ0) is 16.0. The number of hydrogen-bond donors (Lipinski definition) is 1. The molecule has 0 aromatic heterocycles. The molecule has 0 radical (unpaired) electrons. The van der Waals surface area contributed by atoms with E-state index >= 15 is 0 Å². The fraction of sp³-hybridized carbons (Fsp3) is 0.765. The van der Waals surface area contributed by atoms with Gasteiger partial charge in [0.15, 0.2) is 0 Å². The van der Waals surface area contributed by atoms with Gasteiger partial charge in [-0.3, -0.25) is 4.79 Å². The molecular formula is C17H26N2O3. The molecule has 1 saturated heterocycles. The van der Waals surface area contributed by atoms with E-state index in [1.54, 1.807) is 0 Å². The van der Waals surface area contributed by atoms with Gasteiger partial charge in [-0.2, -0.15) is 0 Å². The number of hydrogen-bond acceptors (Lipinski definition) is 3. The van der Waals surface area contributed by atoms with Gasteiger partial charge in [-0.1, -0.05) is 12.2 Å². The van der Waals surface area contributed by atoms with Gasteiger partial charge in [-0.25, -0.2) is 4.79 Å². The van der Waals surface area contributed by atoms with Crippen molar-refractivity contribution in [2.45, 2.75) is 57.6 Å². The van der Waals surface area contributed by atoms with Gasteiger partial charge in [0.1, 0.15) is 11.1 Å². The molecule has 0 bridgehead atoms. The number of carbonyl (C=O) groups is 2. The highest BCUT2D eigenvalue weighted by Gasteiger charge is 2.55. The predicted molar refractivity (Wildman–Crippen MR) is 83.3 cm³/mol. The largest absolute Gasteiger partial charge is 0.444 e. The molecule has 5 nitrogen and oxygen atoms in total. The van der Waals surface area contributed by atoms with Gasteiger partial charge in [0.05, 0.1) is 0 Å². The van der Waals surface area contributed by atoms with Gasteiger partial charge in [0, 0.05) is 13.1 Å². The van der Waals surface area contributed by atoms with Crippen LogP contribution in [0.1, 0.15) is 46.5 Å². The molecule has 1 aliphatic heterocycles. The van der Waals surface area contributed by atoms with Crippen LogP contribution in [-0.2, 0) is 9.53 Å². The molecule has 0 aromatic rings. The molecule has 1 saturated carbocycles. The van der Waals surface area contributed by atoms with Crippen LogP contribution in [0.2, 0.25) is 0 Å². The minimum absolute atomic E-state index is 0.0766. The van der Waals surface area contributed by atoms with Crippen molar-refractivity contribution in [3.63, 3.8) is 0 Å². The summed E-state index contributed by atoms with van der Waals surface area (Å²) in [5.74, 6) is 1.25. The topological polar surface area (TPSA) is 58.6 Å². The maximum atomic E-state index is 12.8. The summed E-state index contributed by atoms with van der Waals surface area (Å²) in [4.78, 5) is 26.7. The fourth-order valence-electron chi connectivity index (χ4n) is 3.50. The molecule has 5 heteroatoms. The van der Waals surface area contributed by atoms with Crippen molar-refractivity contribution in [2.75, 3.05) is 13.1 Å². The molecule has 3 rings (SSSR count). The molecule has 3 aliphatic rings. The standard InChI is InChI=1S/C17H26N2O3/c1-16(2,3)22-15(21)18-17(8-9-17)14(20)19-10-12-6-4-5-7-13(12)11-19/h4-5,12-13H,6-11H2,1-3H3,(H,18,21)/t12-,13-/m1/s1. The van der Waals surface area contributed by atoms with Gasteiger partial charge in [0.2, 0.25) is 5.91 Å². The van der Waals surface area contributed by atoms with E-state index in [2.05, 4.69) is 17.5 Å². The molecular weight excluding hydrogens is 280 g/mol. The number of amides is 2. The smallest absolute Gasteiger partial charge is 0.408 e. The minimum Gasteiger partial charge on any atom is -0.444 e. The third kappa shape index (κ3) is 3.13. The summed E-state index contributed by atoms with van der Waals surface area (Å²) in [6.45, 7) is 7.13. The number of alkyl carbamates (subject to hydrolysis) is 1. The number of ether oxygens (including phenoxy) is 1. The first-order chi connectivity index (χ1) is 10.3. The van der Waals surface area contributed by atoms with Gasteiger partial charge < -0.3 is 15.0 Å². The Morgan fingerprint density at radius 2 is 1.68 bits per heavy atom. The summed E-state index contributed by atoms with van der Waals surface area (Å²) in [5.41, 5.74) is -1.25. The van der Waals surface area contributed by atoms with E-state index in [4.69, 9.17) is 4.74 Å². The van der Waals surface area contributed by atoms with Crippen molar-refractivity contribution in [1.29, 1.82) is 0 Å². The molecule has 22 heavy (non-hydrogen) atoms. The van der Waals surface area contributed by atoms with Crippen LogP contribution in [0.4, 0.5) is 4.79 Å². The predicted octanol–water partition coefficient (Wildman–Crippen LogP) is 2.47. The summed E-state index contributed by atoms with van der Waals surface area (Å²) in [6, 6.07) is 0. The first kappa shape index (κ1) is 15.4. The zero-order valence-electron chi connectivity index (χ0n) is 13.7. The number of nitrogens with one attached hydrogen (secondary N) is 1. The van der Waals surface area contributed by atoms with Gasteiger partial charge in [0.25, 0.3) is 0 Å². The van der Waals surface area contributed by atoms with Crippen LogP contribution >= 0.6 is 0 Å². The lowest BCUT2D eigenvalue weighted by molar-refractivity contribution is -0.133. The normalized spacial score (nSPS) is 29.0. The molecule has 0 aromatic carbocycles. The lowest BCUT2D eigenvalue weighted by Gasteiger charge is -2.26. The molecule has 0 unspecified atom stereocenters. The number of fused-ring (bicyclic) bond motifs is 1. The van der Waals surface area contributed by atoms with E-state index in [0.29, 0.717) is 11.8 Å². The van der Waals surface area contributed by atoms with Crippen LogP contribution < -0.4 is 5.32 Å². The van der Waals surface area contributed by atoms with Crippen molar-refractivity contribution in [1.82, 2.24) is 10.2 Å². The van der Waals surface area contributed by atoms with Crippen molar-refractivity contribution in [2.24, 2.45) is 11.8 Å². The van der Waals surface area contributed by atoms with E-state index in [1.165, 1.54) is 0 Å². The van der Waals surface area contributed by atoms with Crippen molar-refractivity contribution in [3.05, 3.63) is 12.2 Å². The van der Waals surface area contributed by atoms with Gasteiger partial charge in [-0.15, -0.1) is 0 Å². The van der Waals surface area contributed by atoms with E-state index in [-0.39, 0.29) is 5.91 Å². The molecule has 0 spiro atoms. The second-order valence-electron chi connectivity index (χ2n) is 7.88. The summed E-state index contributed by atoms with van der Waals surface area (Å²) in [5, 5.41) is 2.81. The Bertz CT molecular complexity index is 487. The molecule has 2 aliphatic carbocycles. The first-order valence-electron chi connectivity index (χ1n) is 8.25. The molecule has 122 valence electrons. The first-order valence-corrected chi connectivity index (χ1v) is 8.25. The van der Waals surface area contributed by atoms with Crippen molar-refractivity contribution >= 4 is 12.0 Å². The number of rotatable bonds is 2. The third-order valence-corrected chi connectivity index (χ3v) is 4.81. The minimum atomic E-state index is -0.705. The Morgan fingerprint density at radius 3 is 2.14 bits per heavy atom. The second kappa shape index (κ2) is 5.28. The lowest BCUT2D eigenvalue weighted by Crippen LogP contribution is -2.51. The van der Waals surface area contributed by atoms with Crippen LogP contribution in [0.5, 0.6) is 0 Å². The highest BCUT2D eigenvalue weighted by Crippen LogP contribution is 2.41. The Morgan fingerprint density at radius 1 is 1.14 bits per heavy atom. The van der Waals surface area contributed by atoms with E-state index in [1.807, 2.05) is 25.7 Å². The molecule has 1 heterocycles. The SMILES string of the molecule is CC(C)(C)OC(=O)NC1(C(=O)N2C[C@H]3CC=CC[C@@H]3C2)CC1. The summed E-state index contributed by atoms with van der Waals surface area (Å²) < 4.78 is 5.29. The van der Waals surface area contributed by atoms with Crippen LogP contribution in [0.25, 0.3) is 0 Å². The van der Waals surface area contributed by atoms with Crippen LogP contribution in [0.15, 0.2) is 12.2 Å². The number of likely N-dealkylation sites (tertiary alicyclic amines) is 1. The maximum Gasteiger partial charge on any atom is 0.408 e. The van der Waals surface area contributed by atoms with Crippen molar-refractivity contribution < 1.29 is 14.3 Å². The molecule has 1 N–H and O–H groups in total. The monoisotopic (exact) mass is 306 g/mol. The summed E-state index contributed by atoms with van der Waals surface area (Å²) in [6.07, 6.45) is 7.53. The van der Waals surface area contributed by atoms with Crippen LogP contribution in [0.3, 0.4) is 0 Å². The van der Waals surface area contributed by atoms with Crippen LogP contribution in [0, 0.1) is 11.8 Å². The van der Waals surface area contributed by atoms with Crippen molar-refractivity contribution in [3.8, 4) is 0 Å². The second-order valence-corrected chi connectivity index (χ2v) is 7.88. The number of allylic oxidation sites excluding steroid dienone is 2. The lowest BCUT2D eigenvalue weighted by atomic mass is 9.86. The Kier molecular flexibility index (Phi) is 3.69. The zero-order valence-corrected chi connectivity index (χ0v) is 13.7. The Balaban J connectivity index is 1.59. The van der Waals surface area contributed by atoms with Crippen LogP contribution in [-0.4, -0.2) is 41.1 Å². The fourth-order valence-corrected chi connectivity index (χ4v) is 3.50. The maximum absolute atomic E-state index is 12.8. The quantitative estimate of drug-likeness (QED) is 0.797. The average molecular weight is 306 g/mol. The van der Waals surface area contributed by atoms with E-state index < -0.39 is 17.2 Å². The summed E-state index contributed by atoms with van der Waals surface area (Å²) in [7, 11) is 0. The number of carbonyl (C=O) groups excluding carboxylic acids is 2. The summed E-state index contributed by atoms with van der Waals surface area (Å²) >= 11 is 0. The highest BCUT2D eigenvalue weighted by molar-refractivity contribution is 5.93. The Hall–Kier alpha value is -1.52. The highest BCUT2D eigenvalue weighted by atomic mass is 16.6. The molecule has 2 atom stereocenters. The van der Waals surface area contributed by atoms with E-state index in [9.17, 15) is 9.59 Å². The molecule has 2 fully saturated rings. The number of nitrogens with zero attached hydrogens (tertiary/aromatic N) is 1. The molecule has 2 amide bonds. The van der Waals surface area contributed by atoms with Gasteiger partial charge in [-0.05, 0) is 58.3 Å². The third-order valence-electron chi connectivity index (χ3n) is 4.81. The van der Waals surface area contributed by atoms with Gasteiger partial charge >= 0.3 is 6.09 Å². The Labute approximate surface area is 132 Å². The average Bonchev–Trinajstić information content (AvgIpc) is 3.05. The van der Waals surface area contributed by atoms with E-state index in [0.717, 1.165) is 38.8 Å².